The average Bonchev–Trinajstić information content (AvgIpc) is 2.98. The van der Waals surface area contributed by atoms with Crippen molar-refractivity contribution in [1.29, 1.82) is 0 Å². The van der Waals surface area contributed by atoms with E-state index in [1.165, 1.54) is 4.90 Å². The second-order valence-electron chi connectivity index (χ2n) is 10.2. The fourth-order valence-corrected chi connectivity index (χ4v) is 3.82. The smallest absolute Gasteiger partial charge is 0.122 e. The second-order valence-corrected chi connectivity index (χ2v) is 10.2. The largest absolute Gasteiger partial charge is 0.394 e. The maximum atomic E-state index is 10.7. The molecule has 0 aromatic heterocycles. The lowest BCUT2D eigenvalue weighted by Crippen LogP contribution is -2.53. The van der Waals surface area contributed by atoms with Crippen LogP contribution in [0.25, 0.3) is 0 Å². The molecule has 0 heterocycles. The summed E-state index contributed by atoms with van der Waals surface area (Å²) in [6.45, 7) is 3.17. The van der Waals surface area contributed by atoms with Gasteiger partial charge in [-0.15, -0.1) is 0 Å². The Hall–Kier alpha value is -0.930. The van der Waals surface area contributed by atoms with Crippen molar-refractivity contribution in [2.75, 3.05) is 79.1 Å². The standard InChI is InChI=1S/C26H53NO15/c1-17(14-28)11-18(2)42-10-9-41-8-7-40-6-5-39-4-3-27(12-19(31)23(35)25(37)21(33)15-29)13-20(32)24(36)26(38)22(34)16-30/h14,17-26,29-38H,3-13,15-16H2,1-2H3/t17-,18?,19+,20+,21-,22-,23-,24-,25-,26-/m1/s1. The minimum atomic E-state index is -1.87. The van der Waals surface area contributed by atoms with Gasteiger partial charge in [0.15, 0.2) is 0 Å². The highest BCUT2D eigenvalue weighted by Gasteiger charge is 2.34. The molecule has 1 unspecified atom stereocenters. The van der Waals surface area contributed by atoms with Crippen LogP contribution in [-0.2, 0) is 23.7 Å². The summed E-state index contributed by atoms with van der Waals surface area (Å²) in [6, 6.07) is 0. The summed E-state index contributed by atoms with van der Waals surface area (Å²) in [5, 5.41) is 97.5. The molecule has 0 aliphatic carbocycles. The van der Waals surface area contributed by atoms with Gasteiger partial charge in [-0.05, 0) is 13.3 Å². The zero-order valence-corrected chi connectivity index (χ0v) is 24.5. The molecule has 0 saturated carbocycles. The molecule has 10 atom stereocenters. The third-order valence-corrected chi connectivity index (χ3v) is 6.40. The molecule has 0 aromatic rings. The molecule has 16 heteroatoms. The Morgan fingerprint density at radius 1 is 0.595 bits per heavy atom. The van der Waals surface area contributed by atoms with Crippen molar-refractivity contribution in [1.82, 2.24) is 4.90 Å². The van der Waals surface area contributed by atoms with Crippen LogP contribution in [0.4, 0.5) is 0 Å². The molecular formula is C26H53NO15. The highest BCUT2D eigenvalue weighted by molar-refractivity contribution is 5.52. The number of rotatable bonds is 28. The number of carbonyl (C=O) groups is 1. The fraction of sp³-hybridized carbons (Fsp3) is 0.962. The summed E-state index contributed by atoms with van der Waals surface area (Å²) in [6.07, 6.45) is -12.7. The van der Waals surface area contributed by atoms with Gasteiger partial charge in [0.2, 0.25) is 0 Å². The molecule has 0 aliphatic rings. The van der Waals surface area contributed by atoms with Crippen LogP contribution in [0, 0.1) is 5.92 Å². The van der Waals surface area contributed by atoms with E-state index < -0.39 is 62.0 Å². The summed E-state index contributed by atoms with van der Waals surface area (Å²) >= 11 is 0. The lowest BCUT2D eigenvalue weighted by molar-refractivity contribution is -0.131. The maximum absolute atomic E-state index is 10.7. The highest BCUT2D eigenvalue weighted by atomic mass is 16.6. The van der Waals surface area contributed by atoms with E-state index in [9.17, 15) is 45.6 Å². The number of hydrogen-bond acceptors (Lipinski definition) is 16. The summed E-state index contributed by atoms with van der Waals surface area (Å²) in [5.74, 6) is -0.0589. The zero-order chi connectivity index (χ0) is 32.1. The van der Waals surface area contributed by atoms with Crippen molar-refractivity contribution in [2.45, 2.75) is 75.2 Å². The van der Waals surface area contributed by atoms with Gasteiger partial charge < -0.3 is 74.8 Å². The Kier molecular flexibility index (Phi) is 23.9. The number of nitrogens with zero attached hydrogens (tertiary/aromatic N) is 1. The third-order valence-electron chi connectivity index (χ3n) is 6.40. The van der Waals surface area contributed by atoms with Gasteiger partial charge in [-0.2, -0.15) is 0 Å². The summed E-state index contributed by atoms with van der Waals surface area (Å²) in [5.41, 5.74) is 0. The first-order chi connectivity index (χ1) is 19.9. The van der Waals surface area contributed by atoms with E-state index in [2.05, 4.69) is 0 Å². The van der Waals surface area contributed by atoms with Gasteiger partial charge in [0.1, 0.15) is 42.9 Å². The first kappa shape index (κ1) is 41.1. The van der Waals surface area contributed by atoms with E-state index in [1.54, 1.807) is 0 Å². The predicted molar refractivity (Wildman–Crippen MR) is 146 cm³/mol. The SMILES string of the molecule is CC(C[C@@H](C)C=O)OCCOCCOCCOCCN(C[C@H](O)[C@@H](O)[C@H](O)[C@H](O)CO)C[C@H](O)[C@@H](O)[C@H](O)[C@H](O)CO. The van der Waals surface area contributed by atoms with Crippen LogP contribution in [0.3, 0.4) is 0 Å². The number of aliphatic hydroxyl groups is 10. The molecule has 0 bridgehead atoms. The van der Waals surface area contributed by atoms with Crippen LogP contribution in [-0.4, -0.2) is 196 Å². The second kappa shape index (κ2) is 24.4. The Balaban J connectivity index is 4.51. The van der Waals surface area contributed by atoms with Crippen LogP contribution < -0.4 is 0 Å². The number of aliphatic hydroxyl groups excluding tert-OH is 10. The molecule has 0 fully saturated rings. The molecule has 0 radical (unpaired) electrons. The van der Waals surface area contributed by atoms with Gasteiger partial charge in [0.25, 0.3) is 0 Å². The van der Waals surface area contributed by atoms with Crippen molar-refractivity contribution >= 4 is 6.29 Å². The van der Waals surface area contributed by atoms with Gasteiger partial charge in [0, 0.05) is 25.6 Å². The molecule has 0 saturated heterocycles. The molecule has 0 rings (SSSR count). The van der Waals surface area contributed by atoms with Crippen LogP contribution in [0.2, 0.25) is 0 Å². The average molecular weight is 620 g/mol. The quantitative estimate of drug-likeness (QED) is 0.0290. The Labute approximate surface area is 246 Å². The van der Waals surface area contributed by atoms with E-state index in [1.807, 2.05) is 13.8 Å². The molecule has 0 spiro atoms. The number of aldehydes is 1. The van der Waals surface area contributed by atoms with Crippen LogP contribution >= 0.6 is 0 Å². The predicted octanol–water partition coefficient (Wildman–Crippen LogP) is -5.16. The fourth-order valence-electron chi connectivity index (χ4n) is 3.82. The van der Waals surface area contributed by atoms with E-state index in [0.717, 1.165) is 6.29 Å². The Morgan fingerprint density at radius 3 is 1.38 bits per heavy atom. The number of ether oxygens (including phenoxy) is 4. The van der Waals surface area contributed by atoms with E-state index in [4.69, 9.17) is 29.2 Å². The van der Waals surface area contributed by atoms with Gasteiger partial charge in [-0.3, -0.25) is 4.90 Å². The monoisotopic (exact) mass is 619 g/mol. The molecule has 0 aliphatic heterocycles. The minimum absolute atomic E-state index is 0.0397. The van der Waals surface area contributed by atoms with E-state index in [-0.39, 0.29) is 51.5 Å². The van der Waals surface area contributed by atoms with Gasteiger partial charge >= 0.3 is 0 Å². The number of hydrogen-bond donors (Lipinski definition) is 10. The van der Waals surface area contributed by atoms with Gasteiger partial charge in [-0.1, -0.05) is 6.92 Å². The summed E-state index contributed by atoms with van der Waals surface area (Å²) in [7, 11) is 0. The van der Waals surface area contributed by atoms with E-state index in [0.29, 0.717) is 32.8 Å². The number of carbonyl (C=O) groups excluding carboxylic acids is 1. The summed E-state index contributed by atoms with van der Waals surface area (Å²) in [4.78, 5) is 12.0. The topological polar surface area (TPSA) is 260 Å². The molecular weight excluding hydrogens is 566 g/mol. The molecule has 252 valence electrons. The van der Waals surface area contributed by atoms with Crippen LogP contribution in [0.5, 0.6) is 0 Å². The molecule has 0 amide bonds. The van der Waals surface area contributed by atoms with Crippen LogP contribution in [0.1, 0.15) is 20.3 Å². The Bertz CT molecular complexity index is 621. The van der Waals surface area contributed by atoms with Crippen molar-refractivity contribution in [3.63, 3.8) is 0 Å². The molecule has 42 heavy (non-hydrogen) atoms. The highest BCUT2D eigenvalue weighted by Crippen LogP contribution is 2.11. The van der Waals surface area contributed by atoms with Crippen LogP contribution in [0.15, 0.2) is 0 Å². The van der Waals surface area contributed by atoms with Crippen molar-refractivity contribution in [3.05, 3.63) is 0 Å². The first-order valence-corrected chi connectivity index (χ1v) is 14.1. The normalized spacial score (nSPS) is 19.5. The minimum Gasteiger partial charge on any atom is -0.394 e. The molecule has 16 nitrogen and oxygen atoms in total. The lowest BCUT2D eigenvalue weighted by Gasteiger charge is -2.33. The first-order valence-electron chi connectivity index (χ1n) is 14.1. The summed E-state index contributed by atoms with van der Waals surface area (Å²) < 4.78 is 21.9. The van der Waals surface area contributed by atoms with Gasteiger partial charge in [0.05, 0.1) is 77.8 Å². The van der Waals surface area contributed by atoms with E-state index >= 15 is 0 Å². The molecule has 0 aromatic carbocycles. The van der Waals surface area contributed by atoms with Gasteiger partial charge in [-0.25, -0.2) is 0 Å². The molecule has 10 N–H and O–H groups in total. The Morgan fingerprint density at radius 2 is 0.976 bits per heavy atom. The van der Waals surface area contributed by atoms with Crippen molar-refractivity contribution in [2.24, 2.45) is 5.92 Å². The van der Waals surface area contributed by atoms with Crippen molar-refractivity contribution in [3.8, 4) is 0 Å². The lowest BCUT2D eigenvalue weighted by atomic mass is 10.0. The zero-order valence-electron chi connectivity index (χ0n) is 24.5. The van der Waals surface area contributed by atoms with Crippen molar-refractivity contribution < 1.29 is 74.8 Å². The third kappa shape index (κ3) is 18.0. The maximum Gasteiger partial charge on any atom is 0.122 e.